The zero-order valence-corrected chi connectivity index (χ0v) is 21.9. The largest absolute Gasteiger partial charge is 0.462 e. The maximum Gasteiger partial charge on any atom is 0.459 e. The first-order chi connectivity index (χ1) is 16.8. The van der Waals surface area contributed by atoms with Gasteiger partial charge in [0.2, 0.25) is 0 Å². The monoisotopic (exact) mass is 565 g/mol. The zero-order valence-electron chi connectivity index (χ0n) is 19.5. The number of aromatic amines is 1. The number of ether oxygens (including phenoxy) is 2. The van der Waals surface area contributed by atoms with Crippen molar-refractivity contribution in [3.63, 3.8) is 0 Å². The SMILES string of the molecule is CC(C)OC(=O)[C@@H](C)NP(=O)(OC[C@H]1O[C@@H](n2ccc(=O)[nH]c2=O)C(Cl)(Cl)[C@@H]1O)Oc1ccccc1. The number of aliphatic hydroxyl groups excluding tert-OH is 1. The number of H-pyrrole nitrogens is 1. The molecule has 1 aromatic heterocycles. The molecule has 1 fully saturated rings. The second kappa shape index (κ2) is 11.5. The number of nitrogens with one attached hydrogen (secondary N) is 2. The van der Waals surface area contributed by atoms with Gasteiger partial charge in [-0.3, -0.25) is 23.7 Å². The van der Waals surface area contributed by atoms with Crippen molar-refractivity contribution in [2.75, 3.05) is 6.61 Å². The van der Waals surface area contributed by atoms with E-state index in [0.717, 1.165) is 16.8 Å². The Hall–Kier alpha value is -2.18. The normalized spacial score (nSPS) is 23.7. The number of aliphatic hydroxyl groups is 1. The Labute approximate surface area is 216 Å². The number of nitrogens with zero attached hydrogens (tertiary/aromatic N) is 1. The summed E-state index contributed by atoms with van der Waals surface area (Å²) < 4.78 is 34.3. The molecule has 15 heteroatoms. The van der Waals surface area contributed by atoms with E-state index in [1.54, 1.807) is 32.0 Å². The first-order valence-corrected chi connectivity index (χ1v) is 13.1. The lowest BCUT2D eigenvalue weighted by Gasteiger charge is -2.25. The van der Waals surface area contributed by atoms with Gasteiger partial charge in [0, 0.05) is 12.3 Å². The lowest BCUT2D eigenvalue weighted by Crippen LogP contribution is -2.41. The predicted octanol–water partition coefficient (Wildman–Crippen LogP) is 2.10. The number of alkyl halides is 2. The summed E-state index contributed by atoms with van der Waals surface area (Å²) in [5.41, 5.74) is -1.52. The van der Waals surface area contributed by atoms with Crippen LogP contribution in [0.3, 0.4) is 0 Å². The van der Waals surface area contributed by atoms with E-state index in [0.29, 0.717) is 0 Å². The highest BCUT2D eigenvalue weighted by atomic mass is 35.5. The summed E-state index contributed by atoms with van der Waals surface area (Å²) in [6.07, 6.45) is -3.62. The van der Waals surface area contributed by atoms with Gasteiger partial charge in [-0.05, 0) is 32.9 Å². The average Bonchev–Trinajstić information content (AvgIpc) is 3.01. The van der Waals surface area contributed by atoms with E-state index in [-0.39, 0.29) is 5.75 Å². The summed E-state index contributed by atoms with van der Waals surface area (Å²) in [5, 5.41) is 13.2. The van der Waals surface area contributed by atoms with Crippen LogP contribution in [-0.4, -0.2) is 55.9 Å². The van der Waals surface area contributed by atoms with E-state index in [4.69, 9.17) is 41.7 Å². The van der Waals surface area contributed by atoms with Crippen LogP contribution in [0.15, 0.2) is 52.2 Å². The van der Waals surface area contributed by atoms with Crippen LogP contribution in [0.5, 0.6) is 5.75 Å². The maximum absolute atomic E-state index is 13.6. The van der Waals surface area contributed by atoms with Crippen LogP contribution in [0.1, 0.15) is 27.0 Å². The Morgan fingerprint density at radius 1 is 1.25 bits per heavy atom. The van der Waals surface area contributed by atoms with Gasteiger partial charge >= 0.3 is 19.4 Å². The number of halogens is 2. The van der Waals surface area contributed by atoms with E-state index in [1.807, 2.05) is 4.98 Å². The van der Waals surface area contributed by atoms with Crippen LogP contribution < -0.4 is 20.9 Å². The van der Waals surface area contributed by atoms with Crippen molar-refractivity contribution in [2.24, 2.45) is 0 Å². The third kappa shape index (κ3) is 6.77. The average molecular weight is 566 g/mol. The Morgan fingerprint density at radius 2 is 1.92 bits per heavy atom. The first kappa shape index (κ1) is 28.4. The number of rotatable bonds is 10. The quantitative estimate of drug-likeness (QED) is 0.221. The standard InChI is InChI=1S/C21H26Cl2N3O9P/c1-12(2)33-18(29)13(3)25-36(31,35-14-7-5-4-6-8-14)32-11-15-17(28)21(22,23)19(34-15)26-10-9-16(27)24-20(26)30/h4-10,12-13,15,17,19,28H,11H2,1-3H3,(H,25,31)(H,24,27,30)/t13-,15-,17-,19-,36?/m1/s1. The van der Waals surface area contributed by atoms with Crippen LogP contribution >= 0.6 is 30.9 Å². The number of carbonyl (C=O) groups excluding carboxylic acids is 1. The molecule has 0 saturated carbocycles. The number of carbonyl (C=O) groups is 1. The van der Waals surface area contributed by atoms with E-state index in [1.165, 1.54) is 19.1 Å². The molecule has 1 aromatic carbocycles. The molecule has 5 atom stereocenters. The highest BCUT2D eigenvalue weighted by Gasteiger charge is 2.56. The minimum atomic E-state index is -4.27. The molecule has 0 aliphatic carbocycles. The molecule has 3 rings (SSSR count). The number of hydrogen-bond acceptors (Lipinski definition) is 9. The molecule has 0 bridgehead atoms. The summed E-state index contributed by atoms with van der Waals surface area (Å²) >= 11 is 12.6. The van der Waals surface area contributed by atoms with Gasteiger partial charge in [-0.2, -0.15) is 5.09 Å². The molecule has 0 spiro atoms. The van der Waals surface area contributed by atoms with Crippen LogP contribution in [0.2, 0.25) is 0 Å². The van der Waals surface area contributed by atoms with Gasteiger partial charge < -0.3 is 19.1 Å². The van der Waals surface area contributed by atoms with E-state index in [2.05, 4.69) is 5.09 Å². The summed E-state index contributed by atoms with van der Waals surface area (Å²) in [7, 11) is -4.27. The minimum Gasteiger partial charge on any atom is -0.462 e. The van der Waals surface area contributed by atoms with E-state index in [9.17, 15) is 24.1 Å². The molecule has 198 valence electrons. The molecular weight excluding hydrogens is 540 g/mol. The van der Waals surface area contributed by atoms with Crippen LogP contribution in [0, 0.1) is 0 Å². The van der Waals surface area contributed by atoms with Crippen LogP contribution in [0.25, 0.3) is 0 Å². The van der Waals surface area contributed by atoms with E-state index < -0.39 is 66.5 Å². The van der Waals surface area contributed by atoms with Gasteiger partial charge in [-0.15, -0.1) is 0 Å². The number of aromatic nitrogens is 2. The number of esters is 1. The van der Waals surface area contributed by atoms with Gasteiger partial charge in [0.25, 0.3) is 5.56 Å². The summed E-state index contributed by atoms with van der Waals surface area (Å²) in [6, 6.07) is 8.01. The van der Waals surface area contributed by atoms with Crippen molar-refractivity contribution in [1.29, 1.82) is 0 Å². The molecule has 1 aliphatic heterocycles. The molecule has 1 saturated heterocycles. The molecular formula is C21H26Cl2N3O9P. The van der Waals surface area contributed by atoms with Gasteiger partial charge in [0.05, 0.1) is 12.7 Å². The lowest BCUT2D eigenvalue weighted by atomic mass is 10.2. The van der Waals surface area contributed by atoms with Crippen molar-refractivity contribution in [1.82, 2.24) is 14.6 Å². The second-order valence-corrected chi connectivity index (χ2v) is 11.3. The van der Waals surface area contributed by atoms with Crippen LogP contribution in [0.4, 0.5) is 0 Å². The molecule has 2 heterocycles. The Bertz CT molecular complexity index is 1220. The second-order valence-electron chi connectivity index (χ2n) is 8.20. The van der Waals surface area contributed by atoms with Crippen LogP contribution in [-0.2, 0) is 23.4 Å². The fourth-order valence-corrected chi connectivity index (χ4v) is 5.32. The fourth-order valence-electron chi connectivity index (χ4n) is 3.22. The molecule has 1 unspecified atom stereocenters. The highest BCUT2D eigenvalue weighted by molar-refractivity contribution is 7.52. The van der Waals surface area contributed by atoms with Crippen molar-refractivity contribution < 1.29 is 33.0 Å². The van der Waals surface area contributed by atoms with Crippen molar-refractivity contribution in [2.45, 2.75) is 55.7 Å². The lowest BCUT2D eigenvalue weighted by molar-refractivity contribution is -0.149. The zero-order chi connectivity index (χ0) is 26.7. The van der Waals surface area contributed by atoms with Gasteiger partial charge in [0.15, 0.2) is 10.6 Å². The number of para-hydroxylation sites is 1. The summed E-state index contributed by atoms with van der Waals surface area (Å²) in [4.78, 5) is 37.9. The highest BCUT2D eigenvalue weighted by Crippen LogP contribution is 2.49. The summed E-state index contributed by atoms with van der Waals surface area (Å²) in [6.45, 7) is 4.17. The molecule has 0 amide bonds. The van der Waals surface area contributed by atoms with Crippen molar-refractivity contribution in [3.8, 4) is 5.75 Å². The van der Waals surface area contributed by atoms with Crippen molar-refractivity contribution in [3.05, 3.63) is 63.4 Å². The maximum atomic E-state index is 13.6. The Morgan fingerprint density at radius 3 is 2.53 bits per heavy atom. The first-order valence-electron chi connectivity index (χ1n) is 10.8. The molecule has 1 aliphatic rings. The smallest absolute Gasteiger partial charge is 0.459 e. The number of benzene rings is 1. The topological polar surface area (TPSA) is 158 Å². The molecule has 12 nitrogen and oxygen atoms in total. The third-order valence-electron chi connectivity index (χ3n) is 4.92. The third-order valence-corrected chi connectivity index (χ3v) is 7.38. The Kier molecular flexibility index (Phi) is 9.05. The predicted molar refractivity (Wildman–Crippen MR) is 130 cm³/mol. The van der Waals surface area contributed by atoms with Gasteiger partial charge in [-0.25, -0.2) is 9.36 Å². The van der Waals surface area contributed by atoms with E-state index >= 15 is 0 Å². The summed E-state index contributed by atoms with van der Waals surface area (Å²) in [5.74, 6) is -0.520. The molecule has 2 aromatic rings. The van der Waals surface area contributed by atoms with Gasteiger partial charge in [0.1, 0.15) is 24.0 Å². The number of hydrogen-bond donors (Lipinski definition) is 3. The molecule has 3 N–H and O–H groups in total. The molecule has 0 radical (unpaired) electrons. The van der Waals surface area contributed by atoms with Gasteiger partial charge in [-0.1, -0.05) is 41.4 Å². The fraction of sp³-hybridized carbons (Fsp3) is 0.476. The van der Waals surface area contributed by atoms with Crippen molar-refractivity contribution >= 4 is 36.9 Å². The Balaban J connectivity index is 1.80. The molecule has 36 heavy (non-hydrogen) atoms. The minimum absolute atomic E-state index is 0.173.